The molecule has 0 saturated carbocycles. The number of nitrogens with one attached hydrogen (secondary N) is 1. The molecule has 0 aliphatic heterocycles. The van der Waals surface area contributed by atoms with Crippen molar-refractivity contribution in [1.82, 2.24) is 14.5 Å². The van der Waals surface area contributed by atoms with Gasteiger partial charge in [-0.05, 0) is 41.0 Å². The molecule has 0 radical (unpaired) electrons. The lowest BCUT2D eigenvalue weighted by atomic mass is 10.2. The Morgan fingerprint density at radius 2 is 1.86 bits per heavy atom. The van der Waals surface area contributed by atoms with Crippen molar-refractivity contribution in [3.8, 4) is 0 Å². The lowest BCUT2D eigenvalue weighted by molar-refractivity contribution is 0.0898. The summed E-state index contributed by atoms with van der Waals surface area (Å²) in [6.07, 6.45) is 1.89. The Morgan fingerprint density at radius 1 is 1.17 bits per heavy atom. The van der Waals surface area contributed by atoms with Crippen LogP contribution in [0.4, 0.5) is 14.6 Å². The number of aryl methyl sites for hydroxylation is 1. The maximum Gasteiger partial charge on any atom is 0.148 e. The number of fused-ring (bicyclic) bond motifs is 1. The fourth-order valence-electron chi connectivity index (χ4n) is 2.89. The average Bonchev–Trinajstić information content (AvgIpc) is 2.93. The van der Waals surface area contributed by atoms with Gasteiger partial charge in [-0.25, -0.2) is 18.7 Å². The van der Waals surface area contributed by atoms with Gasteiger partial charge >= 0.3 is 0 Å². The molecule has 0 saturated heterocycles. The summed E-state index contributed by atoms with van der Waals surface area (Å²) in [5.74, 6) is -0.107. The first-order chi connectivity index (χ1) is 13.7. The number of aromatic nitrogens is 3. The van der Waals surface area contributed by atoms with E-state index >= 15 is 0 Å². The number of hydrogen-bond acceptors (Lipinski definition) is 4. The summed E-state index contributed by atoms with van der Waals surface area (Å²) in [6.45, 7) is 9.78. The average molecular weight is 483 g/mol. The van der Waals surface area contributed by atoms with Crippen LogP contribution in [-0.4, -0.2) is 29.2 Å². The van der Waals surface area contributed by atoms with E-state index in [-0.39, 0.29) is 12.1 Å². The van der Waals surface area contributed by atoms with Gasteiger partial charge in [0.1, 0.15) is 35.7 Å². The van der Waals surface area contributed by atoms with Crippen LogP contribution in [0, 0.1) is 18.6 Å². The molecule has 1 aromatic carbocycles. The molecule has 29 heavy (non-hydrogen) atoms. The van der Waals surface area contributed by atoms with Crippen molar-refractivity contribution in [2.75, 3.05) is 11.9 Å². The van der Waals surface area contributed by atoms with E-state index in [1.165, 1.54) is 18.2 Å². The van der Waals surface area contributed by atoms with Crippen LogP contribution in [0.1, 0.15) is 11.4 Å². The Hall–Kier alpha value is -1.84. The van der Waals surface area contributed by atoms with Crippen molar-refractivity contribution in [2.24, 2.45) is 0 Å². The third-order valence-electron chi connectivity index (χ3n) is 4.50. The molecule has 2 heterocycles. The highest BCUT2D eigenvalue weighted by Crippen LogP contribution is 2.31. The van der Waals surface area contributed by atoms with Crippen molar-refractivity contribution in [1.29, 1.82) is 0 Å². The maximum absolute atomic E-state index is 13.9. The number of rotatable bonds is 8. The highest BCUT2D eigenvalue weighted by Gasteiger charge is 2.17. The summed E-state index contributed by atoms with van der Waals surface area (Å²) < 4.78 is 36.4. The Morgan fingerprint density at radius 3 is 2.52 bits per heavy atom. The van der Waals surface area contributed by atoms with Crippen LogP contribution < -0.4 is 5.32 Å². The molecule has 0 aliphatic rings. The van der Waals surface area contributed by atoms with Gasteiger partial charge in [0.25, 0.3) is 0 Å². The van der Waals surface area contributed by atoms with E-state index in [4.69, 9.17) is 4.74 Å². The SMILES string of the molecule is Cc1nc(NCc2c(F)cccc2F)c2c(Br)cn(COCC[Si](C)(C)C)c2n1. The van der Waals surface area contributed by atoms with Gasteiger partial charge in [-0.1, -0.05) is 25.7 Å². The van der Waals surface area contributed by atoms with E-state index in [0.717, 1.165) is 15.9 Å². The molecule has 0 fully saturated rings. The third-order valence-corrected chi connectivity index (χ3v) is 6.81. The van der Waals surface area contributed by atoms with Gasteiger partial charge in [0.2, 0.25) is 0 Å². The van der Waals surface area contributed by atoms with Crippen LogP contribution >= 0.6 is 15.9 Å². The van der Waals surface area contributed by atoms with Crippen LogP contribution in [0.3, 0.4) is 0 Å². The van der Waals surface area contributed by atoms with Gasteiger partial charge in [-0.15, -0.1) is 0 Å². The molecule has 9 heteroatoms. The quantitative estimate of drug-likeness (QED) is 0.330. The molecular weight excluding hydrogens is 458 g/mol. The highest BCUT2D eigenvalue weighted by atomic mass is 79.9. The van der Waals surface area contributed by atoms with E-state index in [0.29, 0.717) is 30.6 Å². The first-order valence-electron chi connectivity index (χ1n) is 9.43. The van der Waals surface area contributed by atoms with Crippen molar-refractivity contribution >= 4 is 40.9 Å². The Bertz CT molecular complexity index is 1000. The predicted octanol–water partition coefficient (Wildman–Crippen LogP) is 5.70. The van der Waals surface area contributed by atoms with Crippen molar-refractivity contribution in [2.45, 2.75) is 45.9 Å². The Kier molecular flexibility index (Phi) is 6.70. The number of benzene rings is 1. The largest absolute Gasteiger partial charge is 0.365 e. The Labute approximate surface area is 178 Å². The van der Waals surface area contributed by atoms with Gasteiger partial charge in [0.05, 0.1) is 5.39 Å². The molecule has 5 nitrogen and oxygen atoms in total. The van der Waals surface area contributed by atoms with Gasteiger partial charge in [-0.2, -0.15) is 0 Å². The molecular formula is C20H25BrF2N4OSi. The van der Waals surface area contributed by atoms with Gasteiger partial charge < -0.3 is 14.6 Å². The number of hydrogen-bond donors (Lipinski definition) is 1. The fourth-order valence-corrected chi connectivity index (χ4v) is 4.26. The molecule has 0 aliphatic carbocycles. The molecule has 0 bridgehead atoms. The summed E-state index contributed by atoms with van der Waals surface area (Å²) >= 11 is 3.55. The van der Waals surface area contributed by atoms with Crippen molar-refractivity contribution in [3.63, 3.8) is 0 Å². The summed E-state index contributed by atoms with van der Waals surface area (Å²) in [7, 11) is -1.15. The molecule has 3 aromatic rings. The minimum atomic E-state index is -1.15. The van der Waals surface area contributed by atoms with Crippen LogP contribution in [0.25, 0.3) is 11.0 Å². The third kappa shape index (κ3) is 5.40. The number of halogens is 3. The van der Waals surface area contributed by atoms with E-state index in [1.54, 1.807) is 6.92 Å². The fraction of sp³-hybridized carbons (Fsp3) is 0.400. The molecule has 1 N–H and O–H groups in total. The monoisotopic (exact) mass is 482 g/mol. The minimum absolute atomic E-state index is 0.0195. The summed E-state index contributed by atoms with van der Waals surface area (Å²) in [5.41, 5.74) is 0.677. The normalized spacial score (nSPS) is 12.0. The van der Waals surface area contributed by atoms with Gasteiger partial charge in [0.15, 0.2) is 0 Å². The first-order valence-corrected chi connectivity index (χ1v) is 13.9. The second-order valence-electron chi connectivity index (χ2n) is 8.17. The minimum Gasteiger partial charge on any atom is -0.365 e. The Balaban J connectivity index is 1.83. The first kappa shape index (κ1) is 21.9. The lowest BCUT2D eigenvalue weighted by Gasteiger charge is -2.15. The zero-order valence-corrected chi connectivity index (χ0v) is 19.6. The summed E-state index contributed by atoms with van der Waals surface area (Å²) in [5, 5.41) is 3.81. The van der Waals surface area contributed by atoms with Crippen LogP contribution in [-0.2, 0) is 18.0 Å². The van der Waals surface area contributed by atoms with E-state index < -0.39 is 19.7 Å². The lowest BCUT2D eigenvalue weighted by Crippen LogP contribution is -2.22. The second kappa shape index (κ2) is 8.89. The maximum atomic E-state index is 13.9. The smallest absolute Gasteiger partial charge is 0.148 e. The second-order valence-corrected chi connectivity index (χ2v) is 14.6. The summed E-state index contributed by atoms with van der Waals surface area (Å²) in [4.78, 5) is 8.97. The number of anilines is 1. The van der Waals surface area contributed by atoms with E-state index in [9.17, 15) is 8.78 Å². The standard InChI is InChI=1S/C20H25BrF2N4OSi/c1-13-25-19(24-10-14-16(22)6-5-7-17(14)23)18-15(21)11-27(20(18)26-13)12-28-8-9-29(2,3)4/h5-7,11H,8-10,12H2,1-4H3,(H,24,25,26). The number of nitrogens with zero attached hydrogens (tertiary/aromatic N) is 3. The molecule has 0 amide bonds. The zero-order chi connectivity index (χ0) is 21.2. The van der Waals surface area contributed by atoms with Crippen LogP contribution in [0.15, 0.2) is 28.9 Å². The topological polar surface area (TPSA) is 52.0 Å². The molecule has 0 atom stereocenters. The van der Waals surface area contributed by atoms with Crippen LogP contribution in [0.5, 0.6) is 0 Å². The molecule has 0 spiro atoms. The van der Waals surface area contributed by atoms with Gasteiger partial charge in [-0.3, -0.25) is 0 Å². The van der Waals surface area contributed by atoms with E-state index in [1.807, 2.05) is 10.8 Å². The van der Waals surface area contributed by atoms with Gasteiger partial charge in [0, 0.05) is 37.5 Å². The molecule has 156 valence electrons. The molecule has 3 rings (SSSR count). The number of ether oxygens (including phenoxy) is 1. The summed E-state index contributed by atoms with van der Waals surface area (Å²) in [6, 6.07) is 4.92. The highest BCUT2D eigenvalue weighted by molar-refractivity contribution is 9.10. The van der Waals surface area contributed by atoms with Crippen LogP contribution in [0.2, 0.25) is 25.7 Å². The molecule has 0 unspecified atom stereocenters. The van der Waals surface area contributed by atoms with E-state index in [2.05, 4.69) is 50.9 Å². The predicted molar refractivity (Wildman–Crippen MR) is 118 cm³/mol. The van der Waals surface area contributed by atoms with Crippen molar-refractivity contribution in [3.05, 3.63) is 51.9 Å². The zero-order valence-electron chi connectivity index (χ0n) is 17.0. The van der Waals surface area contributed by atoms with Crippen molar-refractivity contribution < 1.29 is 13.5 Å². The molecule has 2 aromatic heterocycles.